The highest BCUT2D eigenvalue weighted by atomic mass is 16.2. The van der Waals surface area contributed by atoms with Gasteiger partial charge in [0.2, 0.25) is 11.8 Å². The molecule has 3 heterocycles. The van der Waals surface area contributed by atoms with Crippen LogP contribution in [-0.4, -0.2) is 67.2 Å². The standard InChI is InChI=1S/C27H29N5O5/c1-28-24(34)17-5-7-18(8-6-17)31-13-11-16(12-14-31)15-29-20-4-2-3-19-23(20)27(37)32(26(19)36)21-9-10-22(33)30-25(21)35/h2-8,16,21,29H,9-15H2,1H3,(H,28,34)(H,30,33,35). The number of piperidine rings is 2. The molecule has 192 valence electrons. The Labute approximate surface area is 214 Å². The Kier molecular flexibility index (Phi) is 6.64. The summed E-state index contributed by atoms with van der Waals surface area (Å²) in [7, 11) is 1.61. The fourth-order valence-electron chi connectivity index (χ4n) is 5.28. The molecule has 10 heteroatoms. The fraction of sp³-hybridized carbons (Fsp3) is 0.370. The number of nitrogens with zero attached hydrogens (tertiary/aromatic N) is 2. The second-order valence-corrected chi connectivity index (χ2v) is 9.61. The molecule has 0 aromatic heterocycles. The number of benzene rings is 2. The van der Waals surface area contributed by atoms with Gasteiger partial charge in [-0.15, -0.1) is 0 Å². The van der Waals surface area contributed by atoms with E-state index in [1.165, 1.54) is 0 Å². The number of anilines is 2. The van der Waals surface area contributed by atoms with E-state index in [0.29, 0.717) is 23.7 Å². The van der Waals surface area contributed by atoms with Gasteiger partial charge in [0.05, 0.1) is 11.1 Å². The van der Waals surface area contributed by atoms with Crippen LogP contribution in [0.1, 0.15) is 56.8 Å². The number of hydrogen-bond acceptors (Lipinski definition) is 7. The molecule has 3 N–H and O–H groups in total. The van der Waals surface area contributed by atoms with Gasteiger partial charge in [0.25, 0.3) is 17.7 Å². The highest BCUT2D eigenvalue weighted by Gasteiger charge is 2.45. The Balaban J connectivity index is 1.21. The van der Waals surface area contributed by atoms with Crippen LogP contribution in [0.15, 0.2) is 42.5 Å². The summed E-state index contributed by atoms with van der Waals surface area (Å²) in [6.07, 6.45) is 2.13. The molecule has 5 rings (SSSR count). The van der Waals surface area contributed by atoms with Crippen molar-refractivity contribution in [2.45, 2.75) is 31.7 Å². The molecule has 10 nitrogen and oxygen atoms in total. The van der Waals surface area contributed by atoms with Crippen LogP contribution >= 0.6 is 0 Å². The van der Waals surface area contributed by atoms with Gasteiger partial charge in [-0.25, -0.2) is 0 Å². The normalized spacial score (nSPS) is 20.1. The molecule has 2 fully saturated rings. The van der Waals surface area contributed by atoms with Gasteiger partial charge >= 0.3 is 0 Å². The summed E-state index contributed by atoms with van der Waals surface area (Å²) in [6, 6.07) is 11.7. The minimum Gasteiger partial charge on any atom is -0.384 e. The maximum absolute atomic E-state index is 13.3. The van der Waals surface area contributed by atoms with Gasteiger partial charge in [0, 0.05) is 50.0 Å². The summed E-state index contributed by atoms with van der Waals surface area (Å²) in [6.45, 7) is 2.40. The van der Waals surface area contributed by atoms with Gasteiger partial charge in [0.1, 0.15) is 6.04 Å². The Morgan fingerprint density at radius 2 is 1.70 bits per heavy atom. The quantitative estimate of drug-likeness (QED) is 0.513. The highest BCUT2D eigenvalue weighted by molar-refractivity contribution is 6.25. The number of hydrogen-bond donors (Lipinski definition) is 3. The van der Waals surface area contributed by atoms with Crippen LogP contribution in [0.25, 0.3) is 0 Å². The molecule has 2 saturated heterocycles. The molecule has 0 saturated carbocycles. The predicted octanol–water partition coefficient (Wildman–Crippen LogP) is 1.78. The molecule has 3 aliphatic heterocycles. The summed E-state index contributed by atoms with van der Waals surface area (Å²) >= 11 is 0. The van der Waals surface area contributed by atoms with Crippen molar-refractivity contribution in [1.29, 1.82) is 0 Å². The number of amides is 5. The first-order chi connectivity index (χ1) is 17.9. The van der Waals surface area contributed by atoms with Crippen molar-refractivity contribution in [2.75, 3.05) is 36.9 Å². The van der Waals surface area contributed by atoms with Gasteiger partial charge in [-0.2, -0.15) is 0 Å². The number of carbonyl (C=O) groups excluding carboxylic acids is 5. The molecule has 5 amide bonds. The van der Waals surface area contributed by atoms with Gasteiger partial charge in [-0.05, 0) is 61.6 Å². The summed E-state index contributed by atoms with van der Waals surface area (Å²) in [4.78, 5) is 65.2. The van der Waals surface area contributed by atoms with E-state index in [-0.39, 0.29) is 29.9 Å². The number of carbonyl (C=O) groups is 5. The van der Waals surface area contributed by atoms with Gasteiger partial charge < -0.3 is 15.5 Å². The Bertz CT molecular complexity index is 1270. The third-order valence-corrected chi connectivity index (χ3v) is 7.39. The van der Waals surface area contributed by atoms with E-state index in [4.69, 9.17) is 0 Å². The van der Waals surface area contributed by atoms with Crippen LogP contribution in [0.2, 0.25) is 0 Å². The zero-order valence-corrected chi connectivity index (χ0v) is 20.6. The van der Waals surface area contributed by atoms with Crippen LogP contribution < -0.4 is 20.9 Å². The van der Waals surface area contributed by atoms with Gasteiger partial charge in [0.15, 0.2) is 0 Å². The van der Waals surface area contributed by atoms with E-state index < -0.39 is 29.7 Å². The topological polar surface area (TPSA) is 128 Å². The SMILES string of the molecule is CNC(=O)c1ccc(N2CCC(CNc3cccc4c3C(=O)N(C3CCC(=O)NC3=O)C4=O)CC2)cc1. The summed E-state index contributed by atoms with van der Waals surface area (Å²) in [5, 5.41) is 8.22. The number of imide groups is 2. The molecule has 0 aliphatic carbocycles. The van der Waals surface area contributed by atoms with E-state index >= 15 is 0 Å². The minimum atomic E-state index is -0.979. The smallest absolute Gasteiger partial charge is 0.264 e. The largest absolute Gasteiger partial charge is 0.384 e. The van der Waals surface area contributed by atoms with E-state index in [1.54, 1.807) is 25.2 Å². The third-order valence-electron chi connectivity index (χ3n) is 7.39. The molecule has 2 aromatic rings. The van der Waals surface area contributed by atoms with Crippen molar-refractivity contribution in [2.24, 2.45) is 5.92 Å². The van der Waals surface area contributed by atoms with E-state index in [0.717, 1.165) is 36.5 Å². The lowest BCUT2D eigenvalue weighted by atomic mass is 9.96. The summed E-state index contributed by atoms with van der Waals surface area (Å²) in [5.74, 6) is -1.75. The van der Waals surface area contributed by atoms with Crippen molar-refractivity contribution < 1.29 is 24.0 Å². The van der Waals surface area contributed by atoms with Crippen molar-refractivity contribution in [3.05, 3.63) is 59.2 Å². The van der Waals surface area contributed by atoms with Crippen molar-refractivity contribution >= 4 is 40.9 Å². The van der Waals surface area contributed by atoms with Gasteiger partial charge in [-0.3, -0.25) is 34.2 Å². The van der Waals surface area contributed by atoms with Crippen LogP contribution in [0, 0.1) is 5.92 Å². The Hall–Kier alpha value is -4.21. The zero-order valence-electron chi connectivity index (χ0n) is 20.6. The Morgan fingerprint density at radius 3 is 2.38 bits per heavy atom. The molecule has 3 aliphatic rings. The van der Waals surface area contributed by atoms with E-state index in [1.807, 2.05) is 24.3 Å². The molecule has 1 unspecified atom stereocenters. The van der Waals surface area contributed by atoms with Crippen molar-refractivity contribution in [1.82, 2.24) is 15.5 Å². The Morgan fingerprint density at radius 1 is 0.973 bits per heavy atom. The lowest BCUT2D eigenvalue weighted by Crippen LogP contribution is -2.54. The molecule has 37 heavy (non-hydrogen) atoms. The number of rotatable bonds is 6. The lowest BCUT2D eigenvalue weighted by Gasteiger charge is -2.34. The van der Waals surface area contributed by atoms with E-state index in [2.05, 4.69) is 20.9 Å². The maximum Gasteiger partial charge on any atom is 0.264 e. The van der Waals surface area contributed by atoms with Crippen LogP contribution in [-0.2, 0) is 9.59 Å². The molecule has 1 atom stereocenters. The maximum atomic E-state index is 13.3. The molecule has 2 aromatic carbocycles. The minimum absolute atomic E-state index is 0.0891. The third kappa shape index (κ3) is 4.66. The highest BCUT2D eigenvalue weighted by Crippen LogP contribution is 2.33. The zero-order chi connectivity index (χ0) is 26.1. The first kappa shape index (κ1) is 24.5. The van der Waals surface area contributed by atoms with Crippen molar-refractivity contribution in [3.8, 4) is 0 Å². The summed E-state index contributed by atoms with van der Waals surface area (Å²) < 4.78 is 0. The van der Waals surface area contributed by atoms with Gasteiger partial charge in [-0.1, -0.05) is 6.07 Å². The van der Waals surface area contributed by atoms with Crippen LogP contribution in [0.3, 0.4) is 0 Å². The molecular weight excluding hydrogens is 474 g/mol. The summed E-state index contributed by atoms with van der Waals surface area (Å²) in [5.41, 5.74) is 2.85. The van der Waals surface area contributed by atoms with E-state index in [9.17, 15) is 24.0 Å². The average Bonchev–Trinajstić information content (AvgIpc) is 3.17. The monoisotopic (exact) mass is 503 g/mol. The predicted molar refractivity (Wildman–Crippen MR) is 136 cm³/mol. The number of nitrogens with one attached hydrogen (secondary N) is 3. The van der Waals surface area contributed by atoms with Crippen LogP contribution in [0.4, 0.5) is 11.4 Å². The first-order valence-electron chi connectivity index (χ1n) is 12.5. The molecule has 0 radical (unpaired) electrons. The average molecular weight is 504 g/mol. The van der Waals surface area contributed by atoms with Crippen LogP contribution in [0.5, 0.6) is 0 Å². The second kappa shape index (κ2) is 10.0. The first-order valence-corrected chi connectivity index (χ1v) is 12.5. The molecular formula is C27H29N5O5. The second-order valence-electron chi connectivity index (χ2n) is 9.61. The van der Waals surface area contributed by atoms with Crippen molar-refractivity contribution in [3.63, 3.8) is 0 Å². The molecule has 0 bridgehead atoms. The number of fused-ring (bicyclic) bond motifs is 1. The molecule has 0 spiro atoms. The fourth-order valence-corrected chi connectivity index (χ4v) is 5.28. The lowest BCUT2D eigenvalue weighted by molar-refractivity contribution is -0.136.